The molecule has 6 nitrogen and oxygen atoms in total. The highest BCUT2D eigenvalue weighted by atomic mass is 35.5. The van der Waals surface area contributed by atoms with Gasteiger partial charge in [0.25, 0.3) is 15.9 Å². The second kappa shape index (κ2) is 11.1. The number of carbonyl (C=O) groups is 1. The van der Waals surface area contributed by atoms with E-state index in [1.54, 1.807) is 23.6 Å². The van der Waals surface area contributed by atoms with E-state index in [0.29, 0.717) is 5.56 Å². The molecular formula is C28H26ClN3O3S2. The zero-order chi connectivity index (χ0) is 25.8. The lowest BCUT2D eigenvalue weighted by molar-refractivity contribution is 0.0981. The van der Waals surface area contributed by atoms with Crippen LogP contribution in [0.2, 0.25) is 5.02 Å². The fourth-order valence-electron chi connectivity index (χ4n) is 4.45. The van der Waals surface area contributed by atoms with Crippen molar-refractivity contribution in [3.05, 3.63) is 106 Å². The third-order valence-corrected chi connectivity index (χ3v) is 9.40. The first-order chi connectivity index (χ1) is 17.9. The van der Waals surface area contributed by atoms with Crippen molar-refractivity contribution >= 4 is 44.6 Å². The number of benzene rings is 3. The van der Waals surface area contributed by atoms with Crippen LogP contribution in [-0.4, -0.2) is 45.4 Å². The van der Waals surface area contributed by atoms with Crippen molar-refractivity contribution in [3.8, 4) is 11.1 Å². The van der Waals surface area contributed by atoms with Crippen LogP contribution in [0.15, 0.2) is 94.5 Å². The van der Waals surface area contributed by atoms with Gasteiger partial charge in [-0.2, -0.15) is 0 Å². The van der Waals surface area contributed by atoms with Crippen LogP contribution >= 0.6 is 22.9 Å². The van der Waals surface area contributed by atoms with Gasteiger partial charge < -0.3 is 4.90 Å². The first kappa shape index (κ1) is 25.5. The minimum Gasteiger partial charge on any atom is -0.369 e. The molecule has 0 unspecified atom stereocenters. The van der Waals surface area contributed by atoms with E-state index in [1.165, 1.54) is 17.2 Å². The highest BCUT2D eigenvalue weighted by molar-refractivity contribution is 7.92. The van der Waals surface area contributed by atoms with Gasteiger partial charge in [-0.1, -0.05) is 54.1 Å². The van der Waals surface area contributed by atoms with Crippen molar-refractivity contribution in [2.45, 2.75) is 10.8 Å². The Bertz CT molecular complexity index is 1460. The summed E-state index contributed by atoms with van der Waals surface area (Å²) in [5, 5.41) is 2.39. The molecule has 1 aromatic heterocycles. The van der Waals surface area contributed by atoms with Crippen LogP contribution in [0.4, 0.5) is 5.69 Å². The summed E-state index contributed by atoms with van der Waals surface area (Å²) in [5.41, 5.74) is 4.98. The predicted octanol–water partition coefficient (Wildman–Crippen LogP) is 5.51. The van der Waals surface area contributed by atoms with E-state index in [9.17, 15) is 13.2 Å². The van der Waals surface area contributed by atoms with Gasteiger partial charge in [-0.3, -0.25) is 9.69 Å². The number of nitrogens with zero attached hydrogens (tertiary/aromatic N) is 2. The molecule has 1 aliphatic heterocycles. The van der Waals surface area contributed by atoms with Crippen LogP contribution in [0.25, 0.3) is 11.1 Å². The monoisotopic (exact) mass is 551 g/mol. The van der Waals surface area contributed by atoms with Gasteiger partial charge in [0.2, 0.25) is 0 Å². The van der Waals surface area contributed by atoms with Gasteiger partial charge in [0.1, 0.15) is 4.21 Å². The fraction of sp³-hybridized carbons (Fsp3) is 0.179. The Labute approximate surface area is 226 Å². The van der Waals surface area contributed by atoms with E-state index < -0.39 is 15.9 Å². The first-order valence-electron chi connectivity index (χ1n) is 11.9. The lowest BCUT2D eigenvalue weighted by atomic mass is 9.99. The van der Waals surface area contributed by atoms with Gasteiger partial charge >= 0.3 is 0 Å². The van der Waals surface area contributed by atoms with Crippen molar-refractivity contribution in [1.82, 2.24) is 9.62 Å². The molecule has 9 heteroatoms. The van der Waals surface area contributed by atoms with Gasteiger partial charge in [0.15, 0.2) is 0 Å². The fourth-order valence-corrected chi connectivity index (χ4v) is 6.54. The average molecular weight is 552 g/mol. The predicted molar refractivity (Wildman–Crippen MR) is 150 cm³/mol. The summed E-state index contributed by atoms with van der Waals surface area (Å²) in [5.74, 6) is -0.635. The molecule has 3 aromatic carbocycles. The quantitative estimate of drug-likeness (QED) is 0.328. The standard InChI is InChI=1S/C28H26ClN3O3S2/c29-24-11-7-21(8-12-24)26-5-2-1-4-23(26)20-31-15-17-32(18-16-31)25-13-9-22(10-14-25)28(33)30-37(34,35)27-6-3-19-36-27/h1-14,19H,15-18,20H2,(H,30,33). The number of halogens is 1. The molecule has 0 bridgehead atoms. The molecule has 190 valence electrons. The van der Waals surface area contributed by atoms with Crippen LogP contribution in [-0.2, 0) is 16.6 Å². The first-order valence-corrected chi connectivity index (χ1v) is 14.6. The Morgan fingerprint density at radius 1 is 0.865 bits per heavy atom. The zero-order valence-electron chi connectivity index (χ0n) is 20.0. The number of piperazine rings is 1. The number of anilines is 1. The molecule has 0 atom stereocenters. The molecule has 0 aliphatic carbocycles. The van der Waals surface area contributed by atoms with Crippen molar-refractivity contribution in [2.75, 3.05) is 31.1 Å². The van der Waals surface area contributed by atoms with Crippen LogP contribution < -0.4 is 9.62 Å². The number of nitrogens with one attached hydrogen (secondary N) is 1. The molecule has 1 saturated heterocycles. The summed E-state index contributed by atoms with van der Waals surface area (Å²) < 4.78 is 26.9. The summed E-state index contributed by atoms with van der Waals surface area (Å²) >= 11 is 7.14. The molecule has 37 heavy (non-hydrogen) atoms. The molecule has 1 N–H and O–H groups in total. The van der Waals surface area contributed by atoms with Crippen molar-refractivity contribution in [1.29, 1.82) is 0 Å². The average Bonchev–Trinajstić information content (AvgIpc) is 3.47. The van der Waals surface area contributed by atoms with Gasteiger partial charge in [-0.15, -0.1) is 11.3 Å². The highest BCUT2D eigenvalue weighted by Crippen LogP contribution is 2.27. The number of hydrogen-bond donors (Lipinski definition) is 1. The molecular weight excluding hydrogens is 526 g/mol. The van der Waals surface area contributed by atoms with Crippen molar-refractivity contribution in [2.24, 2.45) is 0 Å². The topological polar surface area (TPSA) is 69.7 Å². The highest BCUT2D eigenvalue weighted by Gasteiger charge is 2.21. The van der Waals surface area contributed by atoms with E-state index >= 15 is 0 Å². The maximum atomic E-state index is 12.5. The zero-order valence-corrected chi connectivity index (χ0v) is 22.4. The van der Waals surface area contributed by atoms with Crippen molar-refractivity contribution < 1.29 is 13.2 Å². The summed E-state index contributed by atoms with van der Waals surface area (Å²) in [6.07, 6.45) is 0. The SMILES string of the molecule is O=C(NS(=O)(=O)c1cccs1)c1ccc(N2CCN(Cc3ccccc3-c3ccc(Cl)cc3)CC2)cc1. The Hall–Kier alpha value is -3.17. The van der Waals surface area contributed by atoms with Gasteiger partial charge in [0, 0.05) is 49.0 Å². The maximum Gasteiger partial charge on any atom is 0.273 e. The number of thiophene rings is 1. The minimum atomic E-state index is -3.85. The Kier molecular flexibility index (Phi) is 7.62. The molecule has 4 aromatic rings. The van der Waals surface area contributed by atoms with E-state index in [4.69, 9.17) is 11.6 Å². The third kappa shape index (κ3) is 6.05. The van der Waals surface area contributed by atoms with E-state index in [2.05, 4.69) is 50.9 Å². The molecule has 0 saturated carbocycles. The number of amides is 1. The van der Waals surface area contributed by atoms with Crippen LogP contribution in [0, 0.1) is 0 Å². The third-order valence-electron chi connectivity index (χ3n) is 6.42. The number of sulfonamides is 1. The number of hydrogen-bond acceptors (Lipinski definition) is 6. The smallest absolute Gasteiger partial charge is 0.273 e. The summed E-state index contributed by atoms with van der Waals surface area (Å²) in [6.45, 7) is 4.42. The summed E-state index contributed by atoms with van der Waals surface area (Å²) in [7, 11) is -3.85. The van der Waals surface area contributed by atoms with Crippen LogP contribution in [0.5, 0.6) is 0 Å². The van der Waals surface area contributed by atoms with E-state index in [0.717, 1.165) is 60.3 Å². The molecule has 5 rings (SSSR count). The molecule has 2 heterocycles. The van der Waals surface area contributed by atoms with Gasteiger partial charge in [-0.25, -0.2) is 13.1 Å². The lowest BCUT2D eigenvalue weighted by Crippen LogP contribution is -2.46. The van der Waals surface area contributed by atoms with Crippen molar-refractivity contribution in [3.63, 3.8) is 0 Å². The van der Waals surface area contributed by atoms with E-state index in [-0.39, 0.29) is 4.21 Å². The molecule has 1 amide bonds. The molecule has 0 spiro atoms. The summed E-state index contributed by atoms with van der Waals surface area (Å²) in [4.78, 5) is 17.2. The molecule has 1 fully saturated rings. The lowest BCUT2D eigenvalue weighted by Gasteiger charge is -2.36. The number of rotatable bonds is 7. The number of carbonyl (C=O) groups excluding carboxylic acids is 1. The van der Waals surface area contributed by atoms with Crippen LogP contribution in [0.1, 0.15) is 15.9 Å². The summed E-state index contributed by atoms with van der Waals surface area (Å²) in [6, 6.07) is 26.6. The minimum absolute atomic E-state index is 0.117. The van der Waals surface area contributed by atoms with Gasteiger partial charge in [-0.05, 0) is 64.5 Å². The Morgan fingerprint density at radius 3 is 2.24 bits per heavy atom. The molecule has 0 radical (unpaired) electrons. The molecule has 1 aliphatic rings. The van der Waals surface area contributed by atoms with Gasteiger partial charge in [0.05, 0.1) is 0 Å². The largest absolute Gasteiger partial charge is 0.369 e. The maximum absolute atomic E-state index is 12.5. The van der Waals surface area contributed by atoms with Crippen LogP contribution in [0.3, 0.4) is 0 Å². The second-order valence-corrected chi connectivity index (χ2v) is 12.1. The van der Waals surface area contributed by atoms with E-state index in [1.807, 2.05) is 24.3 Å². The Morgan fingerprint density at radius 2 is 1.57 bits per heavy atom. The second-order valence-electron chi connectivity index (χ2n) is 8.84. The Balaban J connectivity index is 1.19. The normalized spacial score (nSPS) is 14.5.